The zero-order chi connectivity index (χ0) is 22.2. The monoisotopic (exact) mass is 457 g/mol. The molecule has 158 valence electrons. The van der Waals surface area contributed by atoms with Gasteiger partial charge in [-0.05, 0) is 42.3 Å². The Kier molecular flexibility index (Phi) is 5.47. The molecule has 0 unspecified atom stereocenters. The van der Waals surface area contributed by atoms with Crippen LogP contribution in [-0.2, 0) is 16.4 Å². The average molecular weight is 458 g/mol. The van der Waals surface area contributed by atoms with Gasteiger partial charge in [0.2, 0.25) is 5.95 Å². The van der Waals surface area contributed by atoms with Crippen molar-refractivity contribution in [3.05, 3.63) is 71.1 Å². The number of nitrogens with zero attached hydrogens (tertiary/aromatic N) is 3. The zero-order valence-electron chi connectivity index (χ0n) is 16.3. The number of nitrogens with one attached hydrogen (secondary N) is 1. The first-order valence-electron chi connectivity index (χ1n) is 9.28. The second-order valence-electron chi connectivity index (χ2n) is 6.71. The Morgan fingerprint density at radius 3 is 2.61 bits per heavy atom. The Balaban J connectivity index is 1.71. The maximum Gasteiger partial charge on any atom is 0.263 e. The summed E-state index contributed by atoms with van der Waals surface area (Å²) >= 11 is 5.97. The summed E-state index contributed by atoms with van der Waals surface area (Å²) in [5.41, 5.74) is 8.53. The summed E-state index contributed by atoms with van der Waals surface area (Å²) in [6.07, 6.45) is 2.18. The third-order valence-corrected chi connectivity index (χ3v) is 6.53. The van der Waals surface area contributed by atoms with Crippen molar-refractivity contribution in [3.8, 4) is 11.3 Å². The van der Waals surface area contributed by atoms with Crippen LogP contribution in [0.25, 0.3) is 22.3 Å². The topological polar surface area (TPSA) is 111 Å². The van der Waals surface area contributed by atoms with Gasteiger partial charge in [0, 0.05) is 5.56 Å². The number of rotatable bonds is 5. The van der Waals surface area contributed by atoms with Crippen LogP contribution in [0.1, 0.15) is 12.5 Å². The maximum absolute atomic E-state index is 14.8. The van der Waals surface area contributed by atoms with Gasteiger partial charge in [0.05, 0.1) is 28.1 Å². The summed E-state index contributed by atoms with van der Waals surface area (Å²) in [6.45, 7) is 1.96. The number of nitrogen functional groups attached to an aromatic ring is 1. The van der Waals surface area contributed by atoms with Crippen LogP contribution in [0, 0.1) is 5.82 Å². The Morgan fingerprint density at radius 2 is 1.90 bits per heavy atom. The smallest absolute Gasteiger partial charge is 0.263 e. The van der Waals surface area contributed by atoms with E-state index in [1.54, 1.807) is 18.2 Å². The van der Waals surface area contributed by atoms with Crippen molar-refractivity contribution in [1.29, 1.82) is 0 Å². The van der Waals surface area contributed by atoms with Gasteiger partial charge in [-0.2, -0.15) is 0 Å². The normalized spacial score (nSPS) is 11.6. The van der Waals surface area contributed by atoms with Crippen LogP contribution in [0.2, 0.25) is 5.02 Å². The lowest BCUT2D eigenvalue weighted by atomic mass is 10.1. The van der Waals surface area contributed by atoms with Crippen molar-refractivity contribution in [2.24, 2.45) is 0 Å². The van der Waals surface area contributed by atoms with E-state index in [-0.39, 0.29) is 21.6 Å². The molecule has 2 heterocycles. The minimum absolute atomic E-state index is 0.0438. The molecule has 2 aromatic heterocycles. The lowest BCUT2D eigenvalue weighted by molar-refractivity contribution is 0.598. The van der Waals surface area contributed by atoms with Crippen LogP contribution < -0.4 is 10.5 Å². The first kappa shape index (κ1) is 21.0. The first-order chi connectivity index (χ1) is 14.8. The number of aromatic nitrogens is 3. The fraction of sp³-hybridized carbons (Fsp3) is 0.0952. The number of hydrogen-bond acceptors (Lipinski definition) is 6. The van der Waals surface area contributed by atoms with E-state index in [1.165, 1.54) is 36.5 Å². The summed E-state index contributed by atoms with van der Waals surface area (Å²) < 4.78 is 42.2. The highest BCUT2D eigenvalue weighted by atomic mass is 35.5. The number of aryl methyl sites for hydroxylation is 1. The third-order valence-electron chi connectivity index (χ3n) is 4.66. The van der Waals surface area contributed by atoms with Crippen LogP contribution in [0.5, 0.6) is 0 Å². The minimum Gasteiger partial charge on any atom is -0.368 e. The molecule has 0 amide bonds. The Hall–Kier alpha value is -3.30. The molecule has 0 spiro atoms. The predicted octanol–water partition coefficient (Wildman–Crippen LogP) is 4.43. The fourth-order valence-corrected chi connectivity index (χ4v) is 4.73. The van der Waals surface area contributed by atoms with Gasteiger partial charge in [-0.1, -0.05) is 36.7 Å². The molecular weight excluding hydrogens is 441 g/mol. The molecule has 0 atom stereocenters. The molecule has 31 heavy (non-hydrogen) atoms. The van der Waals surface area contributed by atoms with Crippen molar-refractivity contribution in [2.75, 3.05) is 10.5 Å². The van der Waals surface area contributed by atoms with Gasteiger partial charge in [-0.15, -0.1) is 0 Å². The quantitative estimate of drug-likeness (QED) is 0.458. The molecule has 4 aromatic rings. The molecule has 0 saturated carbocycles. The molecule has 4 rings (SSSR count). The second kappa shape index (κ2) is 8.09. The fourth-order valence-electron chi connectivity index (χ4n) is 3.14. The number of sulfonamides is 1. The number of hydrogen-bond donors (Lipinski definition) is 2. The Labute approximate surface area is 183 Å². The van der Waals surface area contributed by atoms with Gasteiger partial charge in [0.15, 0.2) is 0 Å². The zero-order valence-corrected chi connectivity index (χ0v) is 17.9. The van der Waals surface area contributed by atoms with Gasteiger partial charge < -0.3 is 5.73 Å². The highest BCUT2D eigenvalue weighted by Crippen LogP contribution is 2.29. The van der Waals surface area contributed by atoms with Crippen LogP contribution >= 0.6 is 11.6 Å². The number of fused-ring (bicyclic) bond motifs is 1. The van der Waals surface area contributed by atoms with Crippen LogP contribution in [-0.4, -0.2) is 23.4 Å². The third kappa shape index (κ3) is 4.14. The average Bonchev–Trinajstić information content (AvgIpc) is 2.74. The SMILES string of the molecule is CCc1cc(-c2ccc(NS(=O)(=O)c3ccccc3Cl)c(F)c2)nc2cnc(N)nc12. The van der Waals surface area contributed by atoms with Gasteiger partial charge in [0.1, 0.15) is 16.2 Å². The highest BCUT2D eigenvalue weighted by Gasteiger charge is 2.20. The molecule has 3 N–H and O–H groups in total. The number of pyridine rings is 1. The van der Waals surface area contributed by atoms with Crippen LogP contribution in [0.15, 0.2) is 59.6 Å². The maximum atomic E-state index is 14.8. The molecule has 2 aromatic carbocycles. The summed E-state index contributed by atoms with van der Waals surface area (Å²) in [4.78, 5) is 12.6. The highest BCUT2D eigenvalue weighted by molar-refractivity contribution is 7.92. The summed E-state index contributed by atoms with van der Waals surface area (Å²) in [7, 11) is -4.05. The summed E-state index contributed by atoms with van der Waals surface area (Å²) in [5, 5.41) is 0.0438. The van der Waals surface area contributed by atoms with Crippen LogP contribution in [0.4, 0.5) is 16.0 Å². The van der Waals surface area contributed by atoms with E-state index >= 15 is 0 Å². The molecule has 0 fully saturated rings. The van der Waals surface area contributed by atoms with Crippen molar-refractivity contribution < 1.29 is 12.8 Å². The van der Waals surface area contributed by atoms with E-state index < -0.39 is 15.8 Å². The number of anilines is 2. The molecule has 0 bridgehead atoms. The molecule has 0 radical (unpaired) electrons. The van der Waals surface area contributed by atoms with E-state index in [2.05, 4.69) is 19.7 Å². The molecule has 0 aliphatic carbocycles. The first-order valence-corrected chi connectivity index (χ1v) is 11.1. The van der Waals surface area contributed by atoms with Gasteiger partial charge >= 0.3 is 0 Å². The Bertz CT molecular complexity index is 1410. The molecule has 10 heteroatoms. The number of nitrogens with two attached hydrogens (primary N) is 1. The Morgan fingerprint density at radius 1 is 1.13 bits per heavy atom. The van der Waals surface area contributed by atoms with Gasteiger partial charge in [0.25, 0.3) is 10.0 Å². The summed E-state index contributed by atoms with van der Waals surface area (Å²) in [6, 6.07) is 11.9. The molecule has 7 nitrogen and oxygen atoms in total. The molecule has 0 aliphatic rings. The van der Waals surface area contributed by atoms with E-state index in [4.69, 9.17) is 17.3 Å². The van der Waals surface area contributed by atoms with Gasteiger partial charge in [-0.25, -0.2) is 27.8 Å². The number of benzene rings is 2. The number of halogens is 2. The van der Waals surface area contributed by atoms with Gasteiger partial charge in [-0.3, -0.25) is 4.72 Å². The van der Waals surface area contributed by atoms with E-state index in [9.17, 15) is 12.8 Å². The lowest BCUT2D eigenvalue weighted by Gasteiger charge is -2.12. The molecule has 0 saturated heterocycles. The second-order valence-corrected chi connectivity index (χ2v) is 8.77. The van der Waals surface area contributed by atoms with E-state index in [0.29, 0.717) is 28.7 Å². The van der Waals surface area contributed by atoms with Crippen molar-refractivity contribution >= 4 is 44.3 Å². The minimum atomic E-state index is -4.05. The van der Waals surface area contributed by atoms with Crippen molar-refractivity contribution in [3.63, 3.8) is 0 Å². The summed E-state index contributed by atoms with van der Waals surface area (Å²) in [5.74, 6) is -0.598. The standard InChI is InChI=1S/C21H17ClFN5O2S/c1-2-12-10-17(26-18-11-25-21(24)27-20(12)18)13-7-8-16(15(23)9-13)28-31(29,30)19-6-4-3-5-14(19)22/h3-11,28H,2H2,1H3,(H2,24,25,27). The van der Waals surface area contributed by atoms with Crippen molar-refractivity contribution in [2.45, 2.75) is 18.2 Å². The predicted molar refractivity (Wildman–Crippen MR) is 119 cm³/mol. The lowest BCUT2D eigenvalue weighted by Crippen LogP contribution is -2.14. The largest absolute Gasteiger partial charge is 0.368 e. The van der Waals surface area contributed by atoms with E-state index in [0.717, 1.165) is 5.56 Å². The molecule has 0 aliphatic heterocycles. The van der Waals surface area contributed by atoms with Crippen molar-refractivity contribution in [1.82, 2.24) is 15.0 Å². The van der Waals surface area contributed by atoms with E-state index in [1.807, 2.05) is 6.92 Å². The molecular formula is C21H17ClFN5O2S. The van der Waals surface area contributed by atoms with Crippen LogP contribution in [0.3, 0.4) is 0 Å².